The summed E-state index contributed by atoms with van der Waals surface area (Å²) in [5.74, 6) is 2.24. The quantitative estimate of drug-likeness (QED) is 0.232. The molecule has 7 nitrogen and oxygen atoms in total. The summed E-state index contributed by atoms with van der Waals surface area (Å²) in [6, 6.07) is 21.2. The lowest BCUT2D eigenvalue weighted by Gasteiger charge is -2.30. The first kappa shape index (κ1) is 27.7. The van der Waals surface area contributed by atoms with Gasteiger partial charge in [0.15, 0.2) is 0 Å². The molecule has 204 valence electrons. The van der Waals surface area contributed by atoms with Gasteiger partial charge in [0, 0.05) is 49.0 Å². The largest absolute Gasteiger partial charge is 0.381 e. The standard InChI is InChI=1S/C30H35ClN6OS/c31-26-19-33-29(36-23-11-9-22(10-12-23)18-35-39-24-5-2-1-3-6-24)17-25(26)27-7-4-8-28(37-27)34-21-30(20-32)13-15-38-16-14-30/h1-8,17,19,22-23,35H,9-16,18,21H2,(H,33,36)(H,34,37). The molecule has 0 spiro atoms. The molecule has 1 aliphatic heterocycles. The lowest BCUT2D eigenvalue weighted by atomic mass is 9.82. The van der Waals surface area contributed by atoms with Crippen molar-refractivity contribution >= 4 is 35.2 Å². The number of hydrogen-bond donors (Lipinski definition) is 3. The van der Waals surface area contributed by atoms with E-state index in [1.54, 1.807) is 18.1 Å². The summed E-state index contributed by atoms with van der Waals surface area (Å²) in [5.41, 5.74) is 1.20. The molecule has 0 radical (unpaired) electrons. The maximum atomic E-state index is 9.75. The van der Waals surface area contributed by atoms with Crippen LogP contribution in [-0.4, -0.2) is 42.3 Å². The van der Waals surface area contributed by atoms with Crippen molar-refractivity contribution in [1.82, 2.24) is 14.7 Å². The number of nitriles is 1. The average Bonchev–Trinajstić information content (AvgIpc) is 2.99. The number of hydrogen-bond acceptors (Lipinski definition) is 8. The summed E-state index contributed by atoms with van der Waals surface area (Å²) in [4.78, 5) is 10.6. The van der Waals surface area contributed by atoms with Crippen LogP contribution >= 0.6 is 23.5 Å². The number of ether oxygens (including phenoxy) is 1. The first-order chi connectivity index (χ1) is 19.1. The van der Waals surface area contributed by atoms with Gasteiger partial charge in [0.25, 0.3) is 0 Å². The number of benzene rings is 1. The van der Waals surface area contributed by atoms with Gasteiger partial charge in [0.05, 0.1) is 22.2 Å². The molecule has 3 heterocycles. The Morgan fingerprint density at radius 2 is 1.82 bits per heavy atom. The molecule has 1 saturated heterocycles. The van der Waals surface area contributed by atoms with Gasteiger partial charge in [-0.25, -0.2) is 9.97 Å². The summed E-state index contributed by atoms with van der Waals surface area (Å²) in [6.45, 7) is 2.81. The van der Waals surface area contributed by atoms with E-state index in [0.717, 1.165) is 55.1 Å². The van der Waals surface area contributed by atoms with Crippen molar-refractivity contribution in [2.45, 2.75) is 49.5 Å². The highest BCUT2D eigenvalue weighted by Crippen LogP contribution is 2.33. The molecule has 0 amide bonds. The van der Waals surface area contributed by atoms with Crippen molar-refractivity contribution in [2.24, 2.45) is 11.3 Å². The molecule has 0 unspecified atom stereocenters. The van der Waals surface area contributed by atoms with E-state index < -0.39 is 5.41 Å². The SMILES string of the molecule is N#CC1(CNc2cccc(-c3cc(NC4CCC(CNSc5ccccc5)CC4)ncc3Cl)n2)CCOCC1. The van der Waals surface area contributed by atoms with Crippen LogP contribution in [0.2, 0.25) is 5.02 Å². The monoisotopic (exact) mass is 562 g/mol. The number of pyridine rings is 2. The van der Waals surface area contributed by atoms with Gasteiger partial charge in [0.1, 0.15) is 11.6 Å². The van der Waals surface area contributed by atoms with Gasteiger partial charge in [-0.1, -0.05) is 35.9 Å². The fourth-order valence-electron chi connectivity index (χ4n) is 5.20. The zero-order valence-electron chi connectivity index (χ0n) is 22.0. The second kappa shape index (κ2) is 13.5. The zero-order valence-corrected chi connectivity index (χ0v) is 23.6. The van der Waals surface area contributed by atoms with E-state index in [9.17, 15) is 5.26 Å². The Balaban J connectivity index is 1.15. The molecule has 0 atom stereocenters. The van der Waals surface area contributed by atoms with Gasteiger partial charge in [-0.2, -0.15) is 5.26 Å². The van der Waals surface area contributed by atoms with E-state index in [4.69, 9.17) is 21.3 Å². The van der Waals surface area contributed by atoms with E-state index in [-0.39, 0.29) is 0 Å². The molecule has 0 bridgehead atoms. The molecular weight excluding hydrogens is 528 g/mol. The van der Waals surface area contributed by atoms with Gasteiger partial charge >= 0.3 is 0 Å². The van der Waals surface area contributed by atoms with Crippen LogP contribution in [0.15, 0.2) is 65.7 Å². The van der Waals surface area contributed by atoms with E-state index >= 15 is 0 Å². The van der Waals surface area contributed by atoms with Crippen molar-refractivity contribution < 1.29 is 4.74 Å². The molecule has 39 heavy (non-hydrogen) atoms. The highest BCUT2D eigenvalue weighted by molar-refractivity contribution is 7.97. The zero-order chi connectivity index (χ0) is 26.9. The first-order valence-electron chi connectivity index (χ1n) is 13.7. The average molecular weight is 563 g/mol. The lowest BCUT2D eigenvalue weighted by molar-refractivity contribution is 0.0455. The summed E-state index contributed by atoms with van der Waals surface area (Å²) >= 11 is 8.28. The smallest absolute Gasteiger partial charge is 0.126 e. The van der Waals surface area contributed by atoms with Crippen LogP contribution in [0.25, 0.3) is 11.3 Å². The van der Waals surface area contributed by atoms with E-state index in [2.05, 4.69) is 50.7 Å². The number of rotatable bonds is 10. The topological polar surface area (TPSA) is 94.9 Å². The number of halogens is 1. The summed E-state index contributed by atoms with van der Waals surface area (Å²) in [5, 5.41) is 17.3. The fraction of sp³-hybridized carbons (Fsp3) is 0.433. The Morgan fingerprint density at radius 1 is 1.03 bits per heavy atom. The molecule has 1 saturated carbocycles. The lowest BCUT2D eigenvalue weighted by Crippen LogP contribution is -2.34. The predicted octanol–water partition coefficient (Wildman–Crippen LogP) is 6.80. The third-order valence-corrected chi connectivity index (χ3v) is 8.80. The maximum absolute atomic E-state index is 9.75. The first-order valence-corrected chi connectivity index (χ1v) is 14.9. The third kappa shape index (κ3) is 7.64. The van der Waals surface area contributed by atoms with Crippen LogP contribution < -0.4 is 15.4 Å². The molecule has 2 aliphatic rings. The van der Waals surface area contributed by atoms with Crippen LogP contribution in [-0.2, 0) is 4.74 Å². The summed E-state index contributed by atoms with van der Waals surface area (Å²) in [7, 11) is 0. The minimum Gasteiger partial charge on any atom is -0.381 e. The number of anilines is 2. The van der Waals surface area contributed by atoms with Gasteiger partial charge in [-0.15, -0.1) is 0 Å². The molecular formula is C30H35ClN6OS. The number of nitrogens with one attached hydrogen (secondary N) is 3. The Labute approximate surface area is 240 Å². The fourth-order valence-corrected chi connectivity index (χ4v) is 6.18. The molecule has 5 rings (SSSR count). The Bertz CT molecular complexity index is 1260. The van der Waals surface area contributed by atoms with Crippen LogP contribution in [0.3, 0.4) is 0 Å². The molecule has 3 N–H and O–H groups in total. The Kier molecular flexibility index (Phi) is 9.59. The van der Waals surface area contributed by atoms with E-state index in [0.29, 0.717) is 36.7 Å². The minimum absolute atomic E-state index is 0.396. The van der Waals surface area contributed by atoms with E-state index in [1.165, 1.54) is 17.7 Å². The molecule has 1 aliphatic carbocycles. The number of nitrogens with zero attached hydrogens (tertiary/aromatic N) is 3. The molecule has 3 aromatic rings. The van der Waals surface area contributed by atoms with Crippen molar-refractivity contribution in [1.29, 1.82) is 5.26 Å². The Hall–Kier alpha value is -2.83. The highest BCUT2D eigenvalue weighted by Gasteiger charge is 2.32. The van der Waals surface area contributed by atoms with Gasteiger partial charge in [0.2, 0.25) is 0 Å². The molecule has 2 fully saturated rings. The molecule has 9 heteroatoms. The van der Waals surface area contributed by atoms with Crippen molar-refractivity contribution in [3.8, 4) is 17.3 Å². The van der Waals surface area contributed by atoms with Crippen LogP contribution in [0.1, 0.15) is 38.5 Å². The maximum Gasteiger partial charge on any atom is 0.126 e. The predicted molar refractivity (Wildman–Crippen MR) is 159 cm³/mol. The second-order valence-electron chi connectivity index (χ2n) is 10.4. The minimum atomic E-state index is -0.420. The van der Waals surface area contributed by atoms with Crippen LogP contribution in [0, 0.1) is 22.7 Å². The van der Waals surface area contributed by atoms with Crippen LogP contribution in [0.5, 0.6) is 0 Å². The van der Waals surface area contributed by atoms with E-state index in [1.807, 2.05) is 30.3 Å². The summed E-state index contributed by atoms with van der Waals surface area (Å²) in [6.07, 6.45) is 7.76. The van der Waals surface area contributed by atoms with Crippen molar-refractivity contribution in [3.63, 3.8) is 0 Å². The van der Waals surface area contributed by atoms with Crippen molar-refractivity contribution in [3.05, 3.63) is 65.8 Å². The summed E-state index contributed by atoms with van der Waals surface area (Å²) < 4.78 is 8.99. The number of aromatic nitrogens is 2. The van der Waals surface area contributed by atoms with Gasteiger partial charge in [-0.3, -0.25) is 4.72 Å². The van der Waals surface area contributed by atoms with Gasteiger partial charge < -0.3 is 15.4 Å². The van der Waals surface area contributed by atoms with Gasteiger partial charge in [-0.05, 0) is 86.7 Å². The van der Waals surface area contributed by atoms with Crippen molar-refractivity contribution in [2.75, 3.05) is 36.9 Å². The molecule has 2 aromatic heterocycles. The molecule has 1 aromatic carbocycles. The van der Waals surface area contributed by atoms with Crippen LogP contribution in [0.4, 0.5) is 11.6 Å². The second-order valence-corrected chi connectivity index (χ2v) is 11.8. The third-order valence-electron chi connectivity index (χ3n) is 7.68. The highest BCUT2D eigenvalue weighted by atomic mass is 35.5. The normalized spacial score (nSPS) is 20.6. The Morgan fingerprint density at radius 3 is 2.59 bits per heavy atom.